The van der Waals surface area contributed by atoms with Crippen LogP contribution in [0.4, 0.5) is 0 Å². The molecule has 0 aliphatic carbocycles. The molecule has 0 aromatic carbocycles. The highest BCUT2D eigenvalue weighted by molar-refractivity contribution is 5.44. The number of rotatable bonds is 2. The summed E-state index contributed by atoms with van der Waals surface area (Å²) in [4.78, 5) is 11.2. The molecule has 0 amide bonds. The highest BCUT2D eigenvalue weighted by Gasteiger charge is 2.13. The first-order valence-electron chi connectivity index (χ1n) is 13.0. The van der Waals surface area contributed by atoms with Crippen molar-refractivity contribution in [2.24, 2.45) is 17.3 Å². The first-order valence-corrected chi connectivity index (χ1v) is 13.0. The Balaban J connectivity index is -0.0000000608. The van der Waals surface area contributed by atoms with E-state index < -0.39 is 0 Å². The summed E-state index contributed by atoms with van der Waals surface area (Å²) in [6.45, 7) is 34.2. The van der Waals surface area contributed by atoms with E-state index in [0.717, 1.165) is 18.1 Å². The summed E-state index contributed by atoms with van der Waals surface area (Å²) in [5.41, 5.74) is 0.542. The van der Waals surface area contributed by atoms with Gasteiger partial charge in [0, 0.05) is 0 Å². The molecular weight excluding hydrogens is 366 g/mol. The van der Waals surface area contributed by atoms with E-state index in [4.69, 9.17) is 4.79 Å². The Morgan fingerprint density at radius 2 is 1.10 bits per heavy atom. The first kappa shape index (κ1) is 43.5. The van der Waals surface area contributed by atoms with Gasteiger partial charge < -0.3 is 9.69 Å². The molecule has 30 heavy (non-hydrogen) atoms. The molecule has 2 nitrogen and oxygen atoms in total. The number of hydrogen-bond donors (Lipinski definition) is 0. The molecule has 0 aromatic rings. The van der Waals surface area contributed by atoms with Gasteiger partial charge in [-0.1, -0.05) is 123 Å². The van der Waals surface area contributed by atoms with Crippen molar-refractivity contribution in [1.82, 2.24) is 4.90 Å². The summed E-state index contributed by atoms with van der Waals surface area (Å²) in [5, 5.41) is 0. The third-order valence-electron chi connectivity index (χ3n) is 3.98. The summed E-state index contributed by atoms with van der Waals surface area (Å²) >= 11 is 0. The van der Waals surface area contributed by atoms with E-state index in [-0.39, 0.29) is 0 Å². The van der Waals surface area contributed by atoms with Crippen LogP contribution in [0, 0.1) is 17.3 Å². The van der Waals surface area contributed by atoms with Crippen LogP contribution in [0.3, 0.4) is 0 Å². The minimum absolute atomic E-state index is 0.542. The lowest BCUT2D eigenvalue weighted by Crippen LogP contribution is -2.29. The molecule has 0 N–H and O–H groups in total. The van der Waals surface area contributed by atoms with Crippen molar-refractivity contribution in [2.45, 2.75) is 142 Å². The van der Waals surface area contributed by atoms with E-state index in [1.54, 1.807) is 0 Å². The Morgan fingerprint density at radius 1 is 0.867 bits per heavy atom. The van der Waals surface area contributed by atoms with Crippen LogP contribution >= 0.6 is 0 Å². The van der Waals surface area contributed by atoms with Gasteiger partial charge in [-0.15, -0.1) is 0 Å². The van der Waals surface area contributed by atoms with Gasteiger partial charge in [0.15, 0.2) is 0 Å². The maximum absolute atomic E-state index is 8.81. The lowest BCUT2D eigenvalue weighted by atomic mass is 9.94. The Morgan fingerprint density at radius 3 is 1.23 bits per heavy atom. The lowest BCUT2D eigenvalue weighted by molar-refractivity contribution is -0.106. The van der Waals surface area contributed by atoms with Crippen LogP contribution in [0.15, 0.2) is 0 Å². The molecule has 1 aliphatic heterocycles. The van der Waals surface area contributed by atoms with Crippen LogP contribution in [-0.2, 0) is 4.79 Å². The second kappa shape index (κ2) is 39.1. The van der Waals surface area contributed by atoms with Gasteiger partial charge in [0.05, 0.1) is 0 Å². The number of aldehydes is 1. The maximum atomic E-state index is 8.81. The first-order chi connectivity index (χ1) is 13.9. The van der Waals surface area contributed by atoms with Crippen molar-refractivity contribution < 1.29 is 4.79 Å². The van der Waals surface area contributed by atoms with Crippen molar-refractivity contribution in [3.8, 4) is 0 Å². The topological polar surface area (TPSA) is 20.3 Å². The molecule has 0 aromatic heterocycles. The summed E-state index contributed by atoms with van der Waals surface area (Å²) < 4.78 is 0. The number of carbonyl (C=O) groups is 1. The lowest BCUT2D eigenvalue weighted by Gasteiger charge is -2.27. The third kappa shape index (κ3) is 80.2. The van der Waals surface area contributed by atoms with Gasteiger partial charge in [0.1, 0.15) is 6.29 Å². The molecule has 190 valence electrons. The molecule has 0 atom stereocenters. The summed E-state index contributed by atoms with van der Waals surface area (Å²) in [7, 11) is 2.21. The zero-order chi connectivity index (χ0) is 25.6. The normalized spacial score (nSPS) is 12.8. The zero-order valence-corrected chi connectivity index (χ0v) is 24.7. The molecule has 1 fully saturated rings. The van der Waals surface area contributed by atoms with Gasteiger partial charge in [0.25, 0.3) is 0 Å². The van der Waals surface area contributed by atoms with Crippen molar-refractivity contribution in [1.29, 1.82) is 0 Å². The Hall–Kier alpha value is -0.370. The van der Waals surface area contributed by atoms with Gasteiger partial charge in [-0.25, -0.2) is 0 Å². The number of nitrogens with zero attached hydrogens (tertiary/aromatic N) is 1. The van der Waals surface area contributed by atoms with Crippen LogP contribution in [0.5, 0.6) is 0 Å². The SMILES string of the molecule is CC.CC.CC(C)C.CC=O.CCC(C)(C)C.CCC1CCN(C)CC1.CCCC. The van der Waals surface area contributed by atoms with Crippen LogP contribution in [-0.4, -0.2) is 31.3 Å². The van der Waals surface area contributed by atoms with Crippen LogP contribution < -0.4 is 0 Å². The molecule has 1 heterocycles. The monoisotopic (exact) mass is 434 g/mol. The average Bonchev–Trinajstić information content (AvgIpc) is 2.72. The highest BCUT2D eigenvalue weighted by Crippen LogP contribution is 2.18. The van der Waals surface area contributed by atoms with Crippen LogP contribution in [0.1, 0.15) is 142 Å². The van der Waals surface area contributed by atoms with Gasteiger partial charge in [-0.2, -0.15) is 0 Å². The summed E-state index contributed by atoms with van der Waals surface area (Å²) in [6.07, 6.45) is 8.89. The number of hydrogen-bond acceptors (Lipinski definition) is 2. The van der Waals surface area contributed by atoms with Gasteiger partial charge >= 0.3 is 0 Å². The van der Waals surface area contributed by atoms with Crippen molar-refractivity contribution in [2.75, 3.05) is 20.1 Å². The smallest absolute Gasteiger partial charge is 0.116 e. The van der Waals surface area contributed by atoms with Crippen LogP contribution in [0.25, 0.3) is 0 Å². The Labute approximate surface area is 196 Å². The number of likely N-dealkylation sites (tertiary alicyclic amines) is 1. The fraction of sp³-hybridized carbons (Fsp3) is 0.964. The molecule has 0 saturated carbocycles. The summed E-state index contributed by atoms with van der Waals surface area (Å²) in [5.74, 6) is 1.86. The second-order valence-corrected chi connectivity index (χ2v) is 9.04. The summed E-state index contributed by atoms with van der Waals surface area (Å²) in [6, 6.07) is 0. The van der Waals surface area contributed by atoms with Crippen LogP contribution in [0.2, 0.25) is 0 Å². The molecule has 0 unspecified atom stereocenters. The van der Waals surface area contributed by atoms with Crippen molar-refractivity contribution in [3.63, 3.8) is 0 Å². The zero-order valence-electron chi connectivity index (χ0n) is 24.7. The molecule has 0 spiro atoms. The number of carbonyl (C=O) groups excluding carboxylic acids is 1. The second-order valence-electron chi connectivity index (χ2n) is 9.04. The highest BCUT2D eigenvalue weighted by atomic mass is 16.1. The predicted molar refractivity (Wildman–Crippen MR) is 146 cm³/mol. The van der Waals surface area contributed by atoms with Crippen molar-refractivity contribution in [3.05, 3.63) is 0 Å². The molecule has 2 heteroatoms. The van der Waals surface area contributed by atoms with E-state index >= 15 is 0 Å². The number of piperidine rings is 1. The minimum atomic E-state index is 0.542. The predicted octanol–water partition coefficient (Wildman–Crippen LogP) is 9.91. The van der Waals surface area contributed by atoms with E-state index in [9.17, 15) is 0 Å². The molecule has 1 saturated heterocycles. The quantitative estimate of drug-likeness (QED) is 0.404. The van der Waals surface area contributed by atoms with E-state index in [0.29, 0.717) is 5.41 Å². The largest absolute Gasteiger partial charge is 0.306 e. The van der Waals surface area contributed by atoms with Crippen molar-refractivity contribution >= 4 is 6.29 Å². The molecule has 0 radical (unpaired) electrons. The standard InChI is InChI=1S/C8H17N.C6H14.2C4H10.C2H4O.2C2H6/c1-3-8-4-6-9(2)7-5-8;1-5-6(2,3)4;1-4(2)3;1-3-4-2;1-2-3;2*1-2/h8H,3-7H2,1-2H3;5H2,1-4H3;4H,1-3H3;3-4H2,1-2H3;2H,1H3;2*1-2H3. The maximum Gasteiger partial charge on any atom is 0.116 e. The minimum Gasteiger partial charge on any atom is -0.306 e. The van der Waals surface area contributed by atoms with E-state index in [1.165, 1.54) is 58.5 Å². The van der Waals surface area contributed by atoms with E-state index in [1.807, 2.05) is 27.7 Å². The van der Waals surface area contributed by atoms with Gasteiger partial charge in [-0.3, -0.25) is 0 Å². The number of unbranched alkanes of at least 4 members (excludes halogenated alkanes) is 1. The molecular formula is C28H67NO. The Bertz CT molecular complexity index is 231. The van der Waals surface area contributed by atoms with Gasteiger partial charge in [0.2, 0.25) is 0 Å². The van der Waals surface area contributed by atoms with Gasteiger partial charge in [-0.05, 0) is 57.2 Å². The average molecular weight is 434 g/mol. The fourth-order valence-electron chi connectivity index (χ4n) is 1.47. The molecule has 0 bridgehead atoms. The van der Waals surface area contributed by atoms with E-state index in [2.05, 4.69) is 81.2 Å². The fourth-order valence-corrected chi connectivity index (χ4v) is 1.47. The molecule has 1 rings (SSSR count). The third-order valence-corrected chi connectivity index (χ3v) is 3.98. The Kier molecular flexibility index (Phi) is 56.8. The molecule has 1 aliphatic rings.